The molecule has 0 aliphatic carbocycles. The Bertz CT molecular complexity index is 1050. The van der Waals surface area contributed by atoms with E-state index < -0.39 is 17.4 Å². The highest BCUT2D eigenvalue weighted by molar-refractivity contribution is 6.37. The first-order valence-corrected chi connectivity index (χ1v) is 7.18. The van der Waals surface area contributed by atoms with Crippen LogP contribution >= 0.6 is 0 Å². The Morgan fingerprint density at radius 2 is 1.61 bits per heavy atom. The van der Waals surface area contributed by atoms with Crippen molar-refractivity contribution in [2.45, 2.75) is 6.92 Å². The van der Waals surface area contributed by atoms with Gasteiger partial charge in [-0.05, 0) is 30.7 Å². The molecule has 5 nitrogen and oxygen atoms in total. The number of aromatic amines is 1. The Labute approximate surface area is 131 Å². The summed E-state index contributed by atoms with van der Waals surface area (Å²) in [5.74, 6) is -1.04. The molecule has 0 spiro atoms. The number of carbonyl (C=O) groups is 2. The van der Waals surface area contributed by atoms with Gasteiger partial charge in [-0.3, -0.25) is 14.4 Å². The minimum atomic E-state index is -0.581. The topological polar surface area (TPSA) is 70.2 Å². The van der Waals surface area contributed by atoms with Gasteiger partial charge in [0.15, 0.2) is 0 Å². The number of rotatable bonds is 1. The van der Waals surface area contributed by atoms with Crippen LogP contribution in [0.25, 0.3) is 10.9 Å². The lowest BCUT2D eigenvalue weighted by Crippen LogP contribution is -2.30. The Kier molecular flexibility index (Phi) is 2.72. The molecule has 1 N–H and O–H groups in total. The van der Waals surface area contributed by atoms with Gasteiger partial charge in [-0.15, -0.1) is 0 Å². The number of H-pyrrole nitrogens is 1. The van der Waals surface area contributed by atoms with Crippen LogP contribution in [0.2, 0.25) is 0 Å². The van der Waals surface area contributed by atoms with Crippen LogP contribution in [0, 0.1) is 6.92 Å². The quantitative estimate of drug-likeness (QED) is 0.703. The number of fused-ring (bicyclic) bond motifs is 3. The van der Waals surface area contributed by atoms with Gasteiger partial charge in [-0.25, -0.2) is 4.90 Å². The molecule has 1 aliphatic heterocycles. The summed E-state index contributed by atoms with van der Waals surface area (Å²) in [7, 11) is 0. The van der Waals surface area contributed by atoms with Gasteiger partial charge in [0.25, 0.3) is 17.4 Å². The van der Waals surface area contributed by atoms with Gasteiger partial charge in [0, 0.05) is 10.9 Å². The normalized spacial score (nSPS) is 13.7. The van der Waals surface area contributed by atoms with Crippen molar-refractivity contribution in [3.05, 3.63) is 75.6 Å². The zero-order valence-electron chi connectivity index (χ0n) is 12.3. The number of aromatic nitrogens is 1. The SMILES string of the molecule is Cc1cccc(N2C(=O)c3c(c4ccccc4[nH]c3=O)C2=O)c1. The third-order valence-electron chi connectivity index (χ3n) is 4.02. The van der Waals surface area contributed by atoms with Gasteiger partial charge < -0.3 is 4.98 Å². The molecular formula is C18H12N2O3. The van der Waals surface area contributed by atoms with Gasteiger partial charge in [0.05, 0.1) is 11.3 Å². The second-order valence-electron chi connectivity index (χ2n) is 5.53. The standard InChI is InChI=1S/C18H12N2O3/c1-10-5-4-6-11(9-10)20-17(22)14-12-7-2-3-8-13(12)19-16(21)15(14)18(20)23/h2-9H,1H3,(H,19,21). The maximum Gasteiger partial charge on any atom is 0.271 e. The predicted molar refractivity (Wildman–Crippen MR) is 86.9 cm³/mol. The van der Waals surface area contributed by atoms with E-state index in [0.717, 1.165) is 10.5 Å². The number of carbonyl (C=O) groups excluding carboxylic acids is 2. The minimum absolute atomic E-state index is 0.0878. The van der Waals surface area contributed by atoms with Gasteiger partial charge in [0.1, 0.15) is 5.56 Å². The lowest BCUT2D eigenvalue weighted by molar-refractivity contribution is 0.0926. The number of para-hydroxylation sites is 1. The molecule has 2 aromatic carbocycles. The van der Waals surface area contributed by atoms with Crippen LogP contribution in [0.1, 0.15) is 26.3 Å². The van der Waals surface area contributed by atoms with Crippen LogP contribution in [-0.2, 0) is 0 Å². The molecule has 4 rings (SSSR count). The smallest absolute Gasteiger partial charge is 0.271 e. The van der Waals surface area contributed by atoms with Crippen LogP contribution in [0.5, 0.6) is 0 Å². The first kappa shape index (κ1) is 13.5. The van der Waals surface area contributed by atoms with Gasteiger partial charge in [-0.1, -0.05) is 30.3 Å². The second-order valence-corrected chi connectivity index (χ2v) is 5.53. The zero-order chi connectivity index (χ0) is 16.1. The van der Waals surface area contributed by atoms with E-state index in [1.807, 2.05) is 13.0 Å². The fraction of sp³-hybridized carbons (Fsp3) is 0.0556. The molecule has 0 saturated carbocycles. The number of aryl methyl sites for hydroxylation is 1. The van der Waals surface area contributed by atoms with E-state index in [4.69, 9.17) is 0 Å². The largest absolute Gasteiger partial charge is 0.321 e. The zero-order valence-corrected chi connectivity index (χ0v) is 12.3. The number of pyridine rings is 1. The van der Waals surface area contributed by atoms with E-state index in [-0.39, 0.29) is 11.1 Å². The molecule has 1 aromatic heterocycles. The van der Waals surface area contributed by atoms with Crippen molar-refractivity contribution >= 4 is 28.4 Å². The summed E-state index contributed by atoms with van der Waals surface area (Å²) in [6, 6.07) is 14.1. The van der Waals surface area contributed by atoms with Gasteiger partial charge >= 0.3 is 0 Å². The molecule has 1 aliphatic rings. The van der Waals surface area contributed by atoms with Crippen molar-refractivity contribution in [3.8, 4) is 0 Å². The predicted octanol–water partition coefficient (Wildman–Crippen LogP) is 2.64. The summed E-state index contributed by atoms with van der Waals surface area (Å²) in [5, 5.41) is 0.579. The number of nitrogens with one attached hydrogen (secondary N) is 1. The number of imide groups is 1. The molecule has 112 valence electrons. The molecule has 5 heteroatoms. The Morgan fingerprint density at radius 3 is 2.39 bits per heavy atom. The first-order valence-electron chi connectivity index (χ1n) is 7.18. The Hall–Kier alpha value is -3.21. The van der Waals surface area contributed by atoms with Gasteiger partial charge in [-0.2, -0.15) is 0 Å². The number of amides is 2. The Balaban J connectivity index is 2.01. The van der Waals surface area contributed by atoms with Crippen LogP contribution < -0.4 is 10.5 Å². The molecule has 2 heterocycles. The monoisotopic (exact) mass is 304 g/mol. The third kappa shape index (κ3) is 1.83. The number of hydrogen-bond acceptors (Lipinski definition) is 3. The first-order chi connectivity index (χ1) is 11.1. The van der Waals surface area contributed by atoms with Crippen LogP contribution in [-0.4, -0.2) is 16.8 Å². The molecule has 2 amide bonds. The molecule has 3 aromatic rings. The maximum atomic E-state index is 12.8. The van der Waals surface area contributed by atoms with E-state index in [1.54, 1.807) is 42.5 Å². The summed E-state index contributed by atoms with van der Waals surface area (Å²) in [6.45, 7) is 1.88. The summed E-state index contributed by atoms with van der Waals surface area (Å²) in [4.78, 5) is 41.5. The summed E-state index contributed by atoms with van der Waals surface area (Å²) >= 11 is 0. The minimum Gasteiger partial charge on any atom is -0.321 e. The molecular weight excluding hydrogens is 292 g/mol. The Morgan fingerprint density at radius 1 is 0.870 bits per heavy atom. The van der Waals surface area contributed by atoms with Crippen molar-refractivity contribution in [3.63, 3.8) is 0 Å². The number of anilines is 1. The molecule has 0 atom stereocenters. The van der Waals surface area contributed by atoms with Crippen LogP contribution in [0.3, 0.4) is 0 Å². The fourth-order valence-electron chi connectivity index (χ4n) is 2.99. The van der Waals surface area contributed by atoms with Crippen molar-refractivity contribution in [2.75, 3.05) is 4.90 Å². The average Bonchev–Trinajstić information content (AvgIpc) is 2.80. The summed E-state index contributed by atoms with van der Waals surface area (Å²) in [6.07, 6.45) is 0. The van der Waals surface area contributed by atoms with E-state index in [9.17, 15) is 14.4 Å². The summed E-state index contributed by atoms with van der Waals surface area (Å²) in [5.41, 5.74) is 1.50. The molecule has 0 fully saturated rings. The van der Waals surface area contributed by atoms with Crippen molar-refractivity contribution < 1.29 is 9.59 Å². The molecule has 0 radical (unpaired) electrons. The highest BCUT2D eigenvalue weighted by atomic mass is 16.2. The number of nitrogens with zero attached hydrogens (tertiary/aromatic N) is 1. The third-order valence-corrected chi connectivity index (χ3v) is 4.02. The molecule has 23 heavy (non-hydrogen) atoms. The lowest BCUT2D eigenvalue weighted by atomic mass is 10.1. The molecule has 0 bridgehead atoms. The van der Waals surface area contributed by atoms with E-state index in [0.29, 0.717) is 16.6 Å². The van der Waals surface area contributed by atoms with E-state index in [1.165, 1.54) is 0 Å². The van der Waals surface area contributed by atoms with E-state index in [2.05, 4.69) is 4.98 Å². The number of hydrogen-bond donors (Lipinski definition) is 1. The van der Waals surface area contributed by atoms with Gasteiger partial charge in [0.2, 0.25) is 0 Å². The summed E-state index contributed by atoms with van der Waals surface area (Å²) < 4.78 is 0. The van der Waals surface area contributed by atoms with Crippen molar-refractivity contribution in [1.29, 1.82) is 0 Å². The van der Waals surface area contributed by atoms with Crippen molar-refractivity contribution in [1.82, 2.24) is 4.98 Å². The highest BCUT2D eigenvalue weighted by Crippen LogP contribution is 2.30. The molecule has 0 saturated heterocycles. The van der Waals surface area contributed by atoms with Crippen LogP contribution in [0.4, 0.5) is 5.69 Å². The lowest BCUT2D eigenvalue weighted by Gasteiger charge is -2.14. The highest BCUT2D eigenvalue weighted by Gasteiger charge is 2.40. The number of benzene rings is 2. The maximum absolute atomic E-state index is 12.8. The second kappa shape index (κ2) is 4.64. The van der Waals surface area contributed by atoms with Crippen molar-refractivity contribution in [2.24, 2.45) is 0 Å². The van der Waals surface area contributed by atoms with E-state index >= 15 is 0 Å². The molecule has 0 unspecified atom stereocenters. The van der Waals surface area contributed by atoms with Crippen LogP contribution in [0.15, 0.2) is 53.3 Å². The average molecular weight is 304 g/mol. The fourth-order valence-corrected chi connectivity index (χ4v) is 2.99.